The average Bonchev–Trinajstić information content (AvgIpc) is 2.46. The molecule has 1 amide bonds. The first-order valence-corrected chi connectivity index (χ1v) is 7.50. The molecule has 0 aromatic rings. The van der Waals surface area contributed by atoms with Gasteiger partial charge in [0.25, 0.3) is 0 Å². The smallest absolute Gasteiger partial charge is 0.226 e. The highest BCUT2D eigenvalue weighted by Crippen LogP contribution is 2.23. The molecule has 3 nitrogen and oxygen atoms in total. The van der Waals surface area contributed by atoms with Gasteiger partial charge < -0.3 is 10.2 Å². The Morgan fingerprint density at radius 3 is 3.19 bits per heavy atom. The lowest BCUT2D eigenvalue weighted by molar-refractivity contribution is -0.134. The zero-order valence-corrected chi connectivity index (χ0v) is 10.9. The summed E-state index contributed by atoms with van der Waals surface area (Å²) in [6, 6.07) is 0. The van der Waals surface area contributed by atoms with Crippen molar-refractivity contribution in [1.82, 2.24) is 10.2 Å². The number of nitrogens with one attached hydrogen (secondary N) is 1. The zero-order valence-electron chi connectivity index (χ0n) is 10.1. The molecule has 0 aromatic heterocycles. The first kappa shape index (κ1) is 12.2. The molecule has 2 atom stereocenters. The maximum absolute atomic E-state index is 12.1. The summed E-state index contributed by atoms with van der Waals surface area (Å²) in [5, 5.41) is 3.33. The topological polar surface area (TPSA) is 32.3 Å². The second kappa shape index (κ2) is 5.92. The number of carbonyl (C=O) groups is 1. The monoisotopic (exact) mass is 242 g/mol. The van der Waals surface area contributed by atoms with Crippen LogP contribution in [-0.2, 0) is 4.79 Å². The second-order valence-electron chi connectivity index (χ2n) is 4.97. The highest BCUT2D eigenvalue weighted by Gasteiger charge is 2.26. The third-order valence-corrected chi connectivity index (χ3v) is 4.76. The van der Waals surface area contributed by atoms with Gasteiger partial charge in [0.05, 0.1) is 0 Å². The van der Waals surface area contributed by atoms with Crippen LogP contribution in [0.15, 0.2) is 0 Å². The minimum Gasteiger partial charge on any atom is -0.341 e. The van der Waals surface area contributed by atoms with Gasteiger partial charge in [-0.05, 0) is 30.3 Å². The standard InChI is InChI=1S/C12H22N2OS/c1-10-7-13-4-5-14(12(10)15)8-11-3-2-6-16-9-11/h10-11,13H,2-9H2,1H3. The van der Waals surface area contributed by atoms with E-state index in [1.807, 2.05) is 18.7 Å². The van der Waals surface area contributed by atoms with Gasteiger partial charge in [-0.15, -0.1) is 0 Å². The highest BCUT2D eigenvalue weighted by atomic mass is 32.2. The first-order valence-electron chi connectivity index (χ1n) is 6.34. The lowest BCUT2D eigenvalue weighted by atomic mass is 10.0. The molecule has 0 aliphatic carbocycles. The van der Waals surface area contributed by atoms with Gasteiger partial charge in [0.1, 0.15) is 0 Å². The van der Waals surface area contributed by atoms with Crippen LogP contribution >= 0.6 is 11.8 Å². The van der Waals surface area contributed by atoms with Crippen molar-refractivity contribution >= 4 is 17.7 Å². The van der Waals surface area contributed by atoms with Gasteiger partial charge in [0.15, 0.2) is 0 Å². The molecule has 0 radical (unpaired) electrons. The van der Waals surface area contributed by atoms with Crippen molar-refractivity contribution in [2.75, 3.05) is 37.7 Å². The molecule has 2 unspecified atom stereocenters. The SMILES string of the molecule is CC1CNCCN(CC2CCCSC2)C1=O. The highest BCUT2D eigenvalue weighted by molar-refractivity contribution is 7.99. The van der Waals surface area contributed by atoms with E-state index in [0.29, 0.717) is 5.91 Å². The minimum atomic E-state index is 0.152. The lowest BCUT2D eigenvalue weighted by Crippen LogP contribution is -2.40. The van der Waals surface area contributed by atoms with Crippen molar-refractivity contribution in [1.29, 1.82) is 0 Å². The van der Waals surface area contributed by atoms with Crippen molar-refractivity contribution in [3.05, 3.63) is 0 Å². The van der Waals surface area contributed by atoms with Crippen molar-refractivity contribution < 1.29 is 4.79 Å². The van der Waals surface area contributed by atoms with Gasteiger partial charge in [0.2, 0.25) is 5.91 Å². The van der Waals surface area contributed by atoms with Crippen LogP contribution in [0.25, 0.3) is 0 Å². The van der Waals surface area contributed by atoms with Gasteiger partial charge in [-0.25, -0.2) is 0 Å². The fourth-order valence-electron chi connectivity index (χ4n) is 2.49. The Labute approximate surface area is 102 Å². The second-order valence-corrected chi connectivity index (χ2v) is 6.12. The van der Waals surface area contributed by atoms with E-state index in [0.717, 1.165) is 32.1 Å². The van der Waals surface area contributed by atoms with Gasteiger partial charge >= 0.3 is 0 Å². The molecule has 2 aliphatic rings. The maximum atomic E-state index is 12.1. The van der Waals surface area contributed by atoms with Gasteiger partial charge in [0, 0.05) is 32.1 Å². The van der Waals surface area contributed by atoms with Crippen LogP contribution in [0.2, 0.25) is 0 Å². The number of thioether (sulfide) groups is 1. The van der Waals surface area contributed by atoms with E-state index in [2.05, 4.69) is 10.2 Å². The number of amides is 1. The minimum absolute atomic E-state index is 0.152. The summed E-state index contributed by atoms with van der Waals surface area (Å²) < 4.78 is 0. The molecule has 2 saturated heterocycles. The van der Waals surface area contributed by atoms with Crippen LogP contribution in [-0.4, -0.2) is 48.5 Å². The Bertz CT molecular complexity index is 241. The van der Waals surface area contributed by atoms with E-state index < -0.39 is 0 Å². The Balaban J connectivity index is 1.88. The zero-order chi connectivity index (χ0) is 11.4. The summed E-state index contributed by atoms with van der Waals surface area (Å²) in [5.41, 5.74) is 0. The van der Waals surface area contributed by atoms with Crippen LogP contribution in [0.1, 0.15) is 19.8 Å². The molecule has 92 valence electrons. The quantitative estimate of drug-likeness (QED) is 0.789. The Morgan fingerprint density at radius 2 is 2.44 bits per heavy atom. The fraction of sp³-hybridized carbons (Fsp3) is 0.917. The summed E-state index contributed by atoms with van der Waals surface area (Å²) in [4.78, 5) is 14.2. The normalized spacial score (nSPS) is 32.6. The van der Waals surface area contributed by atoms with Crippen LogP contribution in [0.5, 0.6) is 0 Å². The molecule has 0 spiro atoms. The average molecular weight is 242 g/mol. The van der Waals surface area contributed by atoms with Crippen LogP contribution in [0.4, 0.5) is 0 Å². The van der Waals surface area contributed by atoms with Crippen LogP contribution in [0, 0.1) is 11.8 Å². The number of hydrogen-bond acceptors (Lipinski definition) is 3. The largest absolute Gasteiger partial charge is 0.341 e. The van der Waals surface area contributed by atoms with Gasteiger partial charge in [-0.1, -0.05) is 6.92 Å². The lowest BCUT2D eigenvalue weighted by Gasteiger charge is -2.29. The van der Waals surface area contributed by atoms with Crippen molar-refractivity contribution in [2.45, 2.75) is 19.8 Å². The molecule has 2 aliphatic heterocycles. The van der Waals surface area contributed by atoms with Crippen molar-refractivity contribution in [3.63, 3.8) is 0 Å². The third-order valence-electron chi connectivity index (χ3n) is 3.48. The molecular formula is C12H22N2OS. The van der Waals surface area contributed by atoms with Crippen molar-refractivity contribution in [2.24, 2.45) is 11.8 Å². The fourth-order valence-corrected chi connectivity index (χ4v) is 3.63. The van der Waals surface area contributed by atoms with E-state index in [1.165, 1.54) is 24.3 Å². The molecule has 4 heteroatoms. The van der Waals surface area contributed by atoms with E-state index >= 15 is 0 Å². The van der Waals surface area contributed by atoms with E-state index in [-0.39, 0.29) is 5.92 Å². The van der Waals surface area contributed by atoms with Crippen LogP contribution < -0.4 is 5.32 Å². The summed E-state index contributed by atoms with van der Waals surface area (Å²) in [6.45, 7) is 5.70. The Morgan fingerprint density at radius 1 is 1.56 bits per heavy atom. The van der Waals surface area contributed by atoms with Crippen LogP contribution in [0.3, 0.4) is 0 Å². The molecular weight excluding hydrogens is 220 g/mol. The molecule has 2 rings (SSSR count). The summed E-state index contributed by atoms with van der Waals surface area (Å²) in [7, 11) is 0. The molecule has 0 bridgehead atoms. The first-order chi connectivity index (χ1) is 7.77. The van der Waals surface area contributed by atoms with E-state index in [1.54, 1.807) is 0 Å². The molecule has 0 saturated carbocycles. The molecule has 2 fully saturated rings. The predicted molar refractivity (Wildman–Crippen MR) is 68.7 cm³/mol. The molecule has 1 N–H and O–H groups in total. The number of nitrogens with zero attached hydrogens (tertiary/aromatic N) is 1. The Kier molecular flexibility index (Phi) is 4.53. The number of rotatable bonds is 2. The summed E-state index contributed by atoms with van der Waals surface area (Å²) in [6.07, 6.45) is 2.63. The predicted octanol–water partition coefficient (Wildman–Crippen LogP) is 1.20. The third kappa shape index (κ3) is 3.14. The van der Waals surface area contributed by atoms with Gasteiger partial charge in [-0.2, -0.15) is 11.8 Å². The van der Waals surface area contributed by atoms with Crippen molar-refractivity contribution in [3.8, 4) is 0 Å². The van der Waals surface area contributed by atoms with E-state index in [9.17, 15) is 4.79 Å². The number of hydrogen-bond donors (Lipinski definition) is 1. The van der Waals surface area contributed by atoms with Gasteiger partial charge in [-0.3, -0.25) is 4.79 Å². The molecule has 0 aromatic carbocycles. The Hall–Kier alpha value is -0.220. The summed E-state index contributed by atoms with van der Waals surface area (Å²) >= 11 is 2.05. The number of carbonyl (C=O) groups excluding carboxylic acids is 1. The summed E-state index contributed by atoms with van der Waals surface area (Å²) in [5.74, 6) is 3.78. The molecule has 16 heavy (non-hydrogen) atoms. The maximum Gasteiger partial charge on any atom is 0.226 e. The van der Waals surface area contributed by atoms with E-state index in [4.69, 9.17) is 0 Å². The molecule has 2 heterocycles.